The molecule has 4 nitrogen and oxygen atoms in total. The zero-order chi connectivity index (χ0) is 13.6. The third-order valence-corrected chi connectivity index (χ3v) is 2.65. The van der Waals surface area contributed by atoms with Gasteiger partial charge in [-0.25, -0.2) is 0 Å². The zero-order valence-electron chi connectivity index (χ0n) is 11.2. The first-order valence-corrected chi connectivity index (χ1v) is 6.04. The standard InChI is InChI=1S/C14H21NO3/c1-14(2,3)15(11-13(16)17)9-10-18-12-7-5-4-6-8-12/h4-8H,9-11H2,1-3H3,(H,16,17). The largest absolute Gasteiger partial charge is 0.492 e. The summed E-state index contributed by atoms with van der Waals surface area (Å²) in [7, 11) is 0. The monoisotopic (exact) mass is 251 g/mol. The molecule has 1 aromatic rings. The van der Waals surface area contributed by atoms with E-state index in [1.165, 1.54) is 0 Å². The molecule has 18 heavy (non-hydrogen) atoms. The fraction of sp³-hybridized carbons (Fsp3) is 0.500. The van der Waals surface area contributed by atoms with Crippen LogP contribution in [0.1, 0.15) is 20.8 Å². The molecule has 100 valence electrons. The molecule has 1 aromatic carbocycles. The lowest BCUT2D eigenvalue weighted by molar-refractivity contribution is -0.139. The topological polar surface area (TPSA) is 49.8 Å². The van der Waals surface area contributed by atoms with Crippen LogP contribution in [-0.4, -0.2) is 41.2 Å². The molecule has 1 N–H and O–H groups in total. The van der Waals surface area contributed by atoms with E-state index in [0.29, 0.717) is 13.2 Å². The molecule has 0 atom stereocenters. The predicted octanol–water partition coefficient (Wildman–Crippen LogP) is 2.25. The minimum atomic E-state index is -0.815. The van der Waals surface area contributed by atoms with Crippen LogP contribution >= 0.6 is 0 Å². The predicted molar refractivity (Wildman–Crippen MR) is 70.9 cm³/mol. The van der Waals surface area contributed by atoms with Crippen LogP contribution in [0.25, 0.3) is 0 Å². The summed E-state index contributed by atoms with van der Waals surface area (Å²) >= 11 is 0. The normalized spacial score (nSPS) is 11.6. The number of aliphatic carboxylic acids is 1. The molecule has 4 heteroatoms. The van der Waals surface area contributed by atoms with Crippen molar-refractivity contribution in [1.29, 1.82) is 0 Å². The average Bonchev–Trinajstić information content (AvgIpc) is 2.27. The summed E-state index contributed by atoms with van der Waals surface area (Å²) in [5.74, 6) is -0.00804. The number of hydrogen-bond donors (Lipinski definition) is 1. The maximum Gasteiger partial charge on any atom is 0.317 e. The number of benzene rings is 1. The van der Waals surface area contributed by atoms with E-state index in [2.05, 4.69) is 0 Å². The van der Waals surface area contributed by atoms with Gasteiger partial charge in [0.25, 0.3) is 0 Å². The van der Waals surface area contributed by atoms with Gasteiger partial charge in [0.15, 0.2) is 0 Å². The lowest BCUT2D eigenvalue weighted by Gasteiger charge is -2.34. The Hall–Kier alpha value is -1.55. The Bertz CT molecular complexity index is 370. The third kappa shape index (κ3) is 5.19. The summed E-state index contributed by atoms with van der Waals surface area (Å²) in [4.78, 5) is 12.7. The van der Waals surface area contributed by atoms with Gasteiger partial charge in [-0.15, -0.1) is 0 Å². The van der Waals surface area contributed by atoms with Crippen LogP contribution in [-0.2, 0) is 4.79 Å². The van der Waals surface area contributed by atoms with Crippen LogP contribution in [0.2, 0.25) is 0 Å². The number of rotatable bonds is 6. The van der Waals surface area contributed by atoms with Crippen molar-refractivity contribution in [2.75, 3.05) is 19.7 Å². The smallest absolute Gasteiger partial charge is 0.317 e. The number of hydrogen-bond acceptors (Lipinski definition) is 3. The molecule has 0 radical (unpaired) electrons. The Kier molecular flexibility index (Phi) is 5.16. The highest BCUT2D eigenvalue weighted by Gasteiger charge is 2.23. The van der Waals surface area contributed by atoms with Crippen molar-refractivity contribution in [1.82, 2.24) is 4.90 Å². The van der Waals surface area contributed by atoms with Gasteiger partial charge in [-0.3, -0.25) is 9.69 Å². The van der Waals surface area contributed by atoms with Gasteiger partial charge in [-0.1, -0.05) is 18.2 Å². The molecule has 1 rings (SSSR count). The Morgan fingerprint density at radius 3 is 2.39 bits per heavy atom. The van der Waals surface area contributed by atoms with E-state index in [-0.39, 0.29) is 12.1 Å². The molecule has 0 amide bonds. The SMILES string of the molecule is CC(C)(C)N(CCOc1ccccc1)CC(=O)O. The minimum absolute atomic E-state index is 0.0294. The number of nitrogens with zero attached hydrogens (tertiary/aromatic N) is 1. The summed E-state index contributed by atoms with van der Waals surface area (Å²) in [5, 5.41) is 8.88. The fourth-order valence-electron chi connectivity index (χ4n) is 1.61. The molecule has 0 aliphatic heterocycles. The van der Waals surface area contributed by atoms with E-state index in [1.54, 1.807) is 0 Å². The Morgan fingerprint density at radius 2 is 1.89 bits per heavy atom. The van der Waals surface area contributed by atoms with Gasteiger partial charge in [0.05, 0.1) is 6.54 Å². The van der Waals surface area contributed by atoms with Gasteiger partial charge in [0.1, 0.15) is 12.4 Å². The molecular formula is C14H21NO3. The fourth-order valence-corrected chi connectivity index (χ4v) is 1.61. The molecule has 0 aliphatic carbocycles. The van der Waals surface area contributed by atoms with Gasteiger partial charge in [0.2, 0.25) is 0 Å². The van der Waals surface area contributed by atoms with Crippen molar-refractivity contribution >= 4 is 5.97 Å². The van der Waals surface area contributed by atoms with Gasteiger partial charge < -0.3 is 9.84 Å². The number of carbonyl (C=O) groups is 1. The lowest BCUT2D eigenvalue weighted by atomic mass is 10.1. The molecule has 0 spiro atoms. The van der Waals surface area contributed by atoms with Crippen LogP contribution in [0.4, 0.5) is 0 Å². The second-order valence-electron chi connectivity index (χ2n) is 5.15. The summed E-state index contributed by atoms with van der Waals surface area (Å²) in [5.41, 5.74) is -0.182. The maximum atomic E-state index is 10.8. The van der Waals surface area contributed by atoms with E-state index in [4.69, 9.17) is 9.84 Å². The number of ether oxygens (including phenoxy) is 1. The van der Waals surface area contributed by atoms with E-state index in [0.717, 1.165) is 5.75 Å². The number of para-hydroxylation sites is 1. The van der Waals surface area contributed by atoms with Gasteiger partial charge in [0, 0.05) is 12.1 Å². The van der Waals surface area contributed by atoms with Crippen molar-refractivity contribution in [3.05, 3.63) is 30.3 Å². The molecule has 0 aliphatic rings. The van der Waals surface area contributed by atoms with E-state index >= 15 is 0 Å². The molecule has 0 unspecified atom stereocenters. The van der Waals surface area contributed by atoms with Crippen molar-refractivity contribution in [2.45, 2.75) is 26.3 Å². The number of carboxylic acids is 1. The quantitative estimate of drug-likeness (QED) is 0.842. The van der Waals surface area contributed by atoms with Gasteiger partial charge in [-0.05, 0) is 32.9 Å². The Morgan fingerprint density at radius 1 is 1.28 bits per heavy atom. The highest BCUT2D eigenvalue weighted by molar-refractivity contribution is 5.69. The second-order valence-corrected chi connectivity index (χ2v) is 5.15. The highest BCUT2D eigenvalue weighted by atomic mass is 16.5. The van der Waals surface area contributed by atoms with Gasteiger partial charge in [-0.2, -0.15) is 0 Å². The van der Waals surface area contributed by atoms with Crippen LogP contribution in [0, 0.1) is 0 Å². The van der Waals surface area contributed by atoms with E-state index in [9.17, 15) is 4.79 Å². The van der Waals surface area contributed by atoms with Crippen LogP contribution < -0.4 is 4.74 Å². The Balaban J connectivity index is 2.45. The Labute approximate surface area is 108 Å². The van der Waals surface area contributed by atoms with Crippen molar-refractivity contribution < 1.29 is 14.6 Å². The molecule has 0 aromatic heterocycles. The average molecular weight is 251 g/mol. The van der Waals surface area contributed by atoms with Crippen LogP contribution in [0.15, 0.2) is 30.3 Å². The first kappa shape index (κ1) is 14.5. The van der Waals surface area contributed by atoms with Gasteiger partial charge >= 0.3 is 5.97 Å². The first-order chi connectivity index (χ1) is 8.39. The van der Waals surface area contributed by atoms with E-state index < -0.39 is 5.97 Å². The first-order valence-electron chi connectivity index (χ1n) is 6.04. The van der Waals surface area contributed by atoms with Crippen LogP contribution in [0.3, 0.4) is 0 Å². The lowest BCUT2D eigenvalue weighted by Crippen LogP contribution is -2.46. The van der Waals surface area contributed by atoms with E-state index in [1.807, 2.05) is 56.0 Å². The molecule has 0 saturated heterocycles. The molecule has 0 fully saturated rings. The number of carboxylic acid groups (broad SMARTS) is 1. The summed E-state index contributed by atoms with van der Waals surface area (Å²) in [6.07, 6.45) is 0. The highest BCUT2D eigenvalue weighted by Crippen LogP contribution is 2.13. The van der Waals surface area contributed by atoms with Crippen molar-refractivity contribution in [3.8, 4) is 5.75 Å². The molecule has 0 saturated carbocycles. The second kappa shape index (κ2) is 6.40. The molecule has 0 bridgehead atoms. The van der Waals surface area contributed by atoms with Crippen molar-refractivity contribution in [3.63, 3.8) is 0 Å². The summed E-state index contributed by atoms with van der Waals surface area (Å²) < 4.78 is 5.58. The molecular weight excluding hydrogens is 230 g/mol. The third-order valence-electron chi connectivity index (χ3n) is 2.65. The van der Waals surface area contributed by atoms with Crippen LogP contribution in [0.5, 0.6) is 5.75 Å². The summed E-state index contributed by atoms with van der Waals surface area (Å²) in [6.45, 7) is 7.09. The zero-order valence-corrected chi connectivity index (χ0v) is 11.2. The molecule has 0 heterocycles. The minimum Gasteiger partial charge on any atom is -0.492 e. The summed E-state index contributed by atoms with van der Waals surface area (Å²) in [6, 6.07) is 9.53. The van der Waals surface area contributed by atoms with Crippen molar-refractivity contribution in [2.24, 2.45) is 0 Å². The maximum absolute atomic E-state index is 10.8.